The molecule has 0 saturated carbocycles. The molecule has 1 aromatic heterocycles. The number of benzene rings is 1. The minimum absolute atomic E-state index is 0.0611. The summed E-state index contributed by atoms with van der Waals surface area (Å²) in [4.78, 5) is 14.7. The van der Waals surface area contributed by atoms with Crippen LogP contribution < -0.4 is 5.32 Å². The molecule has 2 rings (SSSR count). The highest BCUT2D eigenvalue weighted by Gasteiger charge is 2.07. The number of nitrogens with zero attached hydrogens (tertiary/aromatic N) is 1. The Labute approximate surface area is 103 Å². The first-order valence-corrected chi connectivity index (χ1v) is 5.30. The highest BCUT2D eigenvalue weighted by molar-refractivity contribution is 5.85. The van der Waals surface area contributed by atoms with Crippen LogP contribution in [0.3, 0.4) is 0 Å². The molecule has 0 amide bonds. The molecule has 0 fully saturated rings. The predicted octanol–water partition coefficient (Wildman–Crippen LogP) is 2.97. The van der Waals surface area contributed by atoms with Crippen LogP contribution in [0.2, 0.25) is 0 Å². The molecule has 5 heteroatoms. The lowest BCUT2D eigenvalue weighted by Gasteiger charge is -2.09. The number of aromatic carboxylic acids is 1. The zero-order valence-corrected chi connectivity index (χ0v) is 9.64. The fourth-order valence-corrected chi connectivity index (χ4v) is 1.50. The molecule has 18 heavy (non-hydrogen) atoms. The summed E-state index contributed by atoms with van der Waals surface area (Å²) in [5, 5.41) is 11.7. The molecule has 2 aromatic rings. The van der Waals surface area contributed by atoms with E-state index >= 15 is 0 Å². The Morgan fingerprint density at radius 3 is 2.72 bits per heavy atom. The third-order valence-corrected chi connectivity index (χ3v) is 2.50. The average molecular weight is 246 g/mol. The Bertz CT molecular complexity index is 599. The molecule has 0 aliphatic carbocycles. The molecule has 0 atom stereocenters. The van der Waals surface area contributed by atoms with Crippen molar-refractivity contribution in [2.45, 2.75) is 6.92 Å². The maximum absolute atomic E-state index is 13.3. The van der Waals surface area contributed by atoms with Gasteiger partial charge in [-0.1, -0.05) is 12.1 Å². The van der Waals surface area contributed by atoms with Crippen molar-refractivity contribution in [1.82, 2.24) is 4.98 Å². The maximum atomic E-state index is 13.3. The van der Waals surface area contributed by atoms with Crippen LogP contribution in [0.5, 0.6) is 0 Å². The van der Waals surface area contributed by atoms with Gasteiger partial charge in [-0.25, -0.2) is 14.2 Å². The van der Waals surface area contributed by atoms with E-state index in [1.165, 1.54) is 12.1 Å². The monoisotopic (exact) mass is 246 g/mol. The zero-order valence-electron chi connectivity index (χ0n) is 9.64. The number of hydrogen-bond acceptors (Lipinski definition) is 3. The molecule has 0 unspecified atom stereocenters. The largest absolute Gasteiger partial charge is 0.477 e. The van der Waals surface area contributed by atoms with Gasteiger partial charge in [0.15, 0.2) is 5.69 Å². The van der Waals surface area contributed by atoms with Gasteiger partial charge >= 0.3 is 5.97 Å². The summed E-state index contributed by atoms with van der Waals surface area (Å²) in [5.41, 5.74) is 0.958. The minimum atomic E-state index is -1.10. The molecule has 1 heterocycles. The third-order valence-electron chi connectivity index (χ3n) is 2.50. The molecule has 0 bridgehead atoms. The van der Waals surface area contributed by atoms with E-state index in [0.717, 1.165) is 0 Å². The van der Waals surface area contributed by atoms with E-state index in [0.29, 0.717) is 17.1 Å². The fourth-order valence-electron chi connectivity index (χ4n) is 1.50. The van der Waals surface area contributed by atoms with Gasteiger partial charge in [0.2, 0.25) is 0 Å². The van der Waals surface area contributed by atoms with Gasteiger partial charge < -0.3 is 10.4 Å². The number of nitrogens with one attached hydrogen (secondary N) is 1. The van der Waals surface area contributed by atoms with E-state index in [4.69, 9.17) is 5.11 Å². The molecule has 0 aliphatic heterocycles. The smallest absolute Gasteiger partial charge is 0.354 e. The van der Waals surface area contributed by atoms with Crippen molar-refractivity contribution in [3.05, 3.63) is 53.5 Å². The van der Waals surface area contributed by atoms with Crippen LogP contribution in [-0.2, 0) is 0 Å². The summed E-state index contributed by atoms with van der Waals surface area (Å²) in [6, 6.07) is 9.23. The Hall–Kier alpha value is -2.43. The summed E-state index contributed by atoms with van der Waals surface area (Å²) < 4.78 is 13.3. The first kappa shape index (κ1) is 12.0. The van der Waals surface area contributed by atoms with Crippen LogP contribution in [-0.4, -0.2) is 16.1 Å². The van der Waals surface area contributed by atoms with Gasteiger partial charge in [0.1, 0.15) is 11.6 Å². The lowest BCUT2D eigenvalue weighted by atomic mass is 10.2. The molecule has 2 N–H and O–H groups in total. The van der Waals surface area contributed by atoms with E-state index in [-0.39, 0.29) is 11.5 Å². The Morgan fingerprint density at radius 2 is 2.00 bits per heavy atom. The number of pyridine rings is 1. The van der Waals surface area contributed by atoms with E-state index < -0.39 is 5.97 Å². The fraction of sp³-hybridized carbons (Fsp3) is 0.0769. The summed E-state index contributed by atoms with van der Waals surface area (Å²) in [5.74, 6) is -1.06. The Kier molecular flexibility index (Phi) is 3.23. The summed E-state index contributed by atoms with van der Waals surface area (Å²) in [6.07, 6.45) is 0. The van der Waals surface area contributed by atoms with Crippen molar-refractivity contribution in [1.29, 1.82) is 0 Å². The average Bonchev–Trinajstić information content (AvgIpc) is 2.35. The topological polar surface area (TPSA) is 62.2 Å². The highest BCUT2D eigenvalue weighted by atomic mass is 19.1. The first-order chi connectivity index (χ1) is 8.58. The van der Waals surface area contributed by atoms with Crippen molar-refractivity contribution >= 4 is 17.5 Å². The first-order valence-electron chi connectivity index (χ1n) is 5.30. The van der Waals surface area contributed by atoms with Crippen molar-refractivity contribution < 1.29 is 14.3 Å². The molecule has 4 nitrogen and oxygen atoms in total. The summed E-state index contributed by atoms with van der Waals surface area (Å²) in [6.45, 7) is 1.64. The number of aromatic nitrogens is 1. The minimum Gasteiger partial charge on any atom is -0.477 e. The van der Waals surface area contributed by atoms with Gasteiger partial charge in [-0.05, 0) is 31.2 Å². The summed E-state index contributed by atoms with van der Waals surface area (Å²) >= 11 is 0. The van der Waals surface area contributed by atoms with Gasteiger partial charge in [0.25, 0.3) is 0 Å². The Morgan fingerprint density at radius 1 is 1.28 bits per heavy atom. The number of carbonyl (C=O) groups is 1. The van der Waals surface area contributed by atoms with Crippen LogP contribution in [0.25, 0.3) is 0 Å². The van der Waals surface area contributed by atoms with Crippen molar-refractivity contribution in [2.24, 2.45) is 0 Å². The van der Waals surface area contributed by atoms with E-state index in [1.54, 1.807) is 31.2 Å². The predicted molar refractivity (Wildman–Crippen MR) is 65.6 cm³/mol. The van der Waals surface area contributed by atoms with Gasteiger partial charge in [-0.15, -0.1) is 0 Å². The molecule has 92 valence electrons. The third kappa shape index (κ3) is 2.45. The van der Waals surface area contributed by atoms with Gasteiger partial charge in [-0.2, -0.15) is 0 Å². The van der Waals surface area contributed by atoms with Crippen molar-refractivity contribution in [2.75, 3.05) is 5.32 Å². The number of anilines is 2. The van der Waals surface area contributed by atoms with Crippen LogP contribution in [0, 0.1) is 12.7 Å². The van der Waals surface area contributed by atoms with Crippen LogP contribution >= 0.6 is 0 Å². The summed E-state index contributed by atoms with van der Waals surface area (Å²) in [7, 11) is 0. The number of carboxylic acids is 1. The second-order valence-electron chi connectivity index (χ2n) is 3.75. The van der Waals surface area contributed by atoms with Crippen molar-refractivity contribution in [3.8, 4) is 0 Å². The van der Waals surface area contributed by atoms with E-state index in [9.17, 15) is 9.18 Å². The quantitative estimate of drug-likeness (QED) is 0.874. The molecule has 0 aliphatic rings. The number of halogens is 1. The lowest BCUT2D eigenvalue weighted by molar-refractivity contribution is 0.0690. The Balaban J connectivity index is 2.31. The second-order valence-corrected chi connectivity index (χ2v) is 3.75. The molecule has 0 saturated heterocycles. The number of carboxylic acid groups (broad SMARTS) is 1. The molecule has 0 spiro atoms. The molecule has 1 aromatic carbocycles. The van der Waals surface area contributed by atoms with Crippen LogP contribution in [0.15, 0.2) is 36.4 Å². The normalized spacial score (nSPS) is 10.1. The molecular weight excluding hydrogens is 235 g/mol. The number of rotatable bonds is 3. The maximum Gasteiger partial charge on any atom is 0.354 e. The molecular formula is C13H11FN2O2. The van der Waals surface area contributed by atoms with Gasteiger partial charge in [0.05, 0.1) is 0 Å². The van der Waals surface area contributed by atoms with E-state index in [2.05, 4.69) is 10.3 Å². The van der Waals surface area contributed by atoms with Crippen LogP contribution in [0.1, 0.15) is 16.1 Å². The zero-order chi connectivity index (χ0) is 13.1. The molecule has 0 radical (unpaired) electrons. The van der Waals surface area contributed by atoms with E-state index in [1.807, 2.05) is 0 Å². The SMILES string of the molecule is Cc1c(F)cccc1Nc1cccc(C(=O)O)n1. The lowest BCUT2D eigenvalue weighted by Crippen LogP contribution is -2.03. The second kappa shape index (κ2) is 4.83. The highest BCUT2D eigenvalue weighted by Crippen LogP contribution is 2.21. The van der Waals surface area contributed by atoms with Gasteiger partial charge in [0, 0.05) is 11.3 Å². The number of hydrogen-bond donors (Lipinski definition) is 2. The van der Waals surface area contributed by atoms with Crippen LogP contribution in [0.4, 0.5) is 15.9 Å². The van der Waals surface area contributed by atoms with Gasteiger partial charge in [-0.3, -0.25) is 0 Å². The standard InChI is InChI=1S/C13H11FN2O2/c1-8-9(14)4-2-5-10(8)15-12-7-3-6-11(16-12)13(17)18/h2-7H,1H3,(H,15,16)(H,17,18). The van der Waals surface area contributed by atoms with Crippen molar-refractivity contribution in [3.63, 3.8) is 0 Å².